The molecular weight excluding hydrogens is 198 g/mol. The molecule has 0 bridgehead atoms. The van der Waals surface area contributed by atoms with Gasteiger partial charge in [-0.1, -0.05) is 0 Å². The Kier molecular flexibility index (Phi) is 2.07. The average molecular weight is 207 g/mol. The van der Waals surface area contributed by atoms with Crippen LogP contribution in [-0.2, 0) is 4.79 Å². The largest absolute Gasteiger partial charge is 0.479 e. The van der Waals surface area contributed by atoms with E-state index >= 15 is 0 Å². The Balaban J connectivity index is 2.41. The number of ether oxygens (including phenoxy) is 1. The molecule has 2 N–H and O–H groups in total. The highest BCUT2D eigenvalue weighted by molar-refractivity contribution is 5.99. The van der Waals surface area contributed by atoms with Crippen molar-refractivity contribution in [1.82, 2.24) is 0 Å². The Morgan fingerprint density at radius 1 is 1.53 bits per heavy atom. The second-order valence-electron chi connectivity index (χ2n) is 3.27. The highest BCUT2D eigenvalue weighted by atomic mass is 16.5. The summed E-state index contributed by atoms with van der Waals surface area (Å²) in [6.07, 6.45) is -0.548. The first-order valence-electron chi connectivity index (χ1n) is 4.43. The molecule has 0 aromatic heterocycles. The van der Waals surface area contributed by atoms with E-state index in [4.69, 9.17) is 9.84 Å². The Bertz CT molecular complexity index is 441. The van der Waals surface area contributed by atoms with Crippen LogP contribution in [0.3, 0.4) is 0 Å². The van der Waals surface area contributed by atoms with Gasteiger partial charge in [-0.25, -0.2) is 4.79 Å². The molecule has 1 aromatic rings. The number of benzene rings is 1. The quantitative estimate of drug-likeness (QED) is 0.723. The number of hydrogen-bond donors (Lipinski definition) is 2. The number of aromatic carboxylic acids is 1. The third kappa shape index (κ3) is 1.63. The molecule has 1 aromatic carbocycles. The van der Waals surface area contributed by atoms with Crippen molar-refractivity contribution in [2.75, 3.05) is 5.32 Å². The molecule has 15 heavy (non-hydrogen) atoms. The van der Waals surface area contributed by atoms with Gasteiger partial charge in [0.15, 0.2) is 6.10 Å². The summed E-state index contributed by atoms with van der Waals surface area (Å²) in [5.41, 5.74) is 0.519. The minimum Gasteiger partial charge on any atom is -0.479 e. The Labute approximate surface area is 85.7 Å². The molecule has 0 radical (unpaired) electrons. The van der Waals surface area contributed by atoms with Crippen LogP contribution >= 0.6 is 0 Å². The van der Waals surface area contributed by atoms with Crippen LogP contribution in [0, 0.1) is 0 Å². The number of carboxylic acids is 1. The third-order valence-corrected chi connectivity index (χ3v) is 2.16. The number of anilines is 1. The molecule has 78 valence electrons. The van der Waals surface area contributed by atoms with Gasteiger partial charge in [0.2, 0.25) is 0 Å². The minimum absolute atomic E-state index is 0.118. The summed E-state index contributed by atoms with van der Waals surface area (Å²) in [4.78, 5) is 21.9. The molecule has 5 nitrogen and oxygen atoms in total. The zero-order chi connectivity index (χ0) is 11.0. The SMILES string of the molecule is CC1Oc2ccc(C(=O)O)cc2NC1=O. The van der Waals surface area contributed by atoms with Gasteiger partial charge in [0.05, 0.1) is 11.3 Å². The van der Waals surface area contributed by atoms with Crippen LogP contribution in [0.5, 0.6) is 5.75 Å². The summed E-state index contributed by atoms with van der Waals surface area (Å²) in [5, 5.41) is 11.3. The maximum Gasteiger partial charge on any atom is 0.335 e. The predicted molar refractivity (Wildman–Crippen MR) is 52.1 cm³/mol. The van der Waals surface area contributed by atoms with E-state index in [2.05, 4.69) is 5.32 Å². The van der Waals surface area contributed by atoms with Gasteiger partial charge in [-0.3, -0.25) is 4.79 Å². The van der Waals surface area contributed by atoms with Gasteiger partial charge in [0.25, 0.3) is 5.91 Å². The van der Waals surface area contributed by atoms with Crippen LogP contribution in [0.15, 0.2) is 18.2 Å². The normalized spacial score (nSPS) is 18.7. The van der Waals surface area contributed by atoms with Gasteiger partial charge < -0.3 is 15.2 Å². The first-order chi connectivity index (χ1) is 7.08. The van der Waals surface area contributed by atoms with Crippen LogP contribution < -0.4 is 10.1 Å². The summed E-state index contributed by atoms with van der Waals surface area (Å²) in [7, 11) is 0. The zero-order valence-electron chi connectivity index (χ0n) is 7.98. The highest BCUT2D eigenvalue weighted by Gasteiger charge is 2.23. The molecule has 1 heterocycles. The number of carbonyl (C=O) groups is 2. The minimum atomic E-state index is -1.04. The van der Waals surface area contributed by atoms with Gasteiger partial charge in [-0.05, 0) is 25.1 Å². The van der Waals surface area contributed by atoms with Crippen LogP contribution in [-0.4, -0.2) is 23.1 Å². The predicted octanol–water partition coefficient (Wildman–Crippen LogP) is 1.10. The van der Waals surface area contributed by atoms with Crippen molar-refractivity contribution in [2.45, 2.75) is 13.0 Å². The number of hydrogen-bond acceptors (Lipinski definition) is 3. The lowest BCUT2D eigenvalue weighted by atomic mass is 10.1. The van der Waals surface area contributed by atoms with Crippen molar-refractivity contribution in [1.29, 1.82) is 0 Å². The van der Waals surface area contributed by atoms with Crippen molar-refractivity contribution in [3.8, 4) is 5.75 Å². The van der Waals surface area contributed by atoms with Crippen molar-refractivity contribution in [3.05, 3.63) is 23.8 Å². The first kappa shape index (κ1) is 9.51. The molecule has 0 aliphatic carbocycles. The third-order valence-electron chi connectivity index (χ3n) is 2.16. The molecule has 1 unspecified atom stereocenters. The number of fused-ring (bicyclic) bond motifs is 1. The smallest absolute Gasteiger partial charge is 0.335 e. The second-order valence-corrected chi connectivity index (χ2v) is 3.27. The van der Waals surface area contributed by atoms with Gasteiger partial charge in [-0.2, -0.15) is 0 Å². The average Bonchev–Trinajstić information content (AvgIpc) is 2.19. The number of nitrogens with one attached hydrogen (secondary N) is 1. The Morgan fingerprint density at radius 3 is 2.93 bits per heavy atom. The van der Waals surface area contributed by atoms with E-state index in [0.717, 1.165) is 0 Å². The van der Waals surface area contributed by atoms with E-state index in [0.29, 0.717) is 11.4 Å². The lowest BCUT2D eigenvalue weighted by molar-refractivity contribution is -0.122. The van der Waals surface area contributed by atoms with Gasteiger partial charge in [0, 0.05) is 0 Å². The van der Waals surface area contributed by atoms with E-state index in [1.807, 2.05) is 0 Å². The standard InChI is InChI=1S/C10H9NO4/c1-5-9(12)11-7-4-6(10(13)14)2-3-8(7)15-5/h2-5H,1H3,(H,11,12)(H,13,14). The summed E-state index contributed by atoms with van der Waals surface area (Å²) in [6.45, 7) is 1.63. The van der Waals surface area contributed by atoms with E-state index in [9.17, 15) is 9.59 Å². The highest BCUT2D eigenvalue weighted by Crippen LogP contribution is 2.30. The molecule has 0 saturated carbocycles. The molecule has 5 heteroatoms. The van der Waals surface area contributed by atoms with Crippen molar-refractivity contribution in [3.63, 3.8) is 0 Å². The molecule has 1 aliphatic rings. The van der Waals surface area contributed by atoms with E-state index in [1.165, 1.54) is 18.2 Å². The van der Waals surface area contributed by atoms with Gasteiger partial charge in [0.1, 0.15) is 5.75 Å². The first-order valence-corrected chi connectivity index (χ1v) is 4.43. The molecule has 2 rings (SSSR count). The summed E-state index contributed by atoms with van der Waals surface area (Å²) >= 11 is 0. The Morgan fingerprint density at radius 2 is 2.27 bits per heavy atom. The van der Waals surface area contributed by atoms with Crippen molar-refractivity contribution >= 4 is 17.6 Å². The lowest BCUT2D eigenvalue weighted by Crippen LogP contribution is -2.34. The molecule has 1 aliphatic heterocycles. The van der Waals surface area contributed by atoms with Crippen LogP contribution in [0.25, 0.3) is 0 Å². The van der Waals surface area contributed by atoms with Crippen LogP contribution in [0.2, 0.25) is 0 Å². The number of rotatable bonds is 1. The maximum absolute atomic E-state index is 11.3. The zero-order valence-corrected chi connectivity index (χ0v) is 7.98. The lowest BCUT2D eigenvalue weighted by Gasteiger charge is -2.23. The molecule has 0 saturated heterocycles. The summed E-state index contributed by atoms with van der Waals surface area (Å²) in [5.74, 6) is -0.817. The summed E-state index contributed by atoms with van der Waals surface area (Å²) in [6, 6.07) is 4.35. The molecule has 0 spiro atoms. The van der Waals surface area contributed by atoms with Crippen molar-refractivity contribution in [2.24, 2.45) is 0 Å². The topological polar surface area (TPSA) is 75.6 Å². The summed E-state index contributed by atoms with van der Waals surface area (Å²) < 4.78 is 5.27. The van der Waals surface area contributed by atoms with Crippen LogP contribution in [0.4, 0.5) is 5.69 Å². The molecule has 1 atom stereocenters. The molecule has 1 amide bonds. The Hall–Kier alpha value is -2.04. The molecule has 0 fully saturated rings. The van der Waals surface area contributed by atoms with Gasteiger partial charge >= 0.3 is 5.97 Å². The second kappa shape index (κ2) is 3.27. The monoisotopic (exact) mass is 207 g/mol. The fourth-order valence-electron chi connectivity index (χ4n) is 1.34. The fourth-order valence-corrected chi connectivity index (χ4v) is 1.34. The maximum atomic E-state index is 11.3. The van der Waals surface area contributed by atoms with E-state index < -0.39 is 12.1 Å². The van der Waals surface area contributed by atoms with Crippen molar-refractivity contribution < 1.29 is 19.4 Å². The number of amides is 1. The molecular formula is C10H9NO4. The van der Waals surface area contributed by atoms with E-state index in [-0.39, 0.29) is 11.5 Å². The number of carbonyl (C=O) groups excluding carboxylic acids is 1. The number of carboxylic acid groups (broad SMARTS) is 1. The fraction of sp³-hybridized carbons (Fsp3) is 0.200. The van der Waals surface area contributed by atoms with Gasteiger partial charge in [-0.15, -0.1) is 0 Å². The van der Waals surface area contributed by atoms with Crippen LogP contribution in [0.1, 0.15) is 17.3 Å². The van der Waals surface area contributed by atoms with E-state index in [1.54, 1.807) is 6.92 Å².